The second-order valence-electron chi connectivity index (χ2n) is 6.37. The summed E-state index contributed by atoms with van der Waals surface area (Å²) in [6, 6.07) is 5.80. The highest BCUT2D eigenvalue weighted by Crippen LogP contribution is 2.22. The first-order valence-corrected chi connectivity index (χ1v) is 8.24. The molecule has 0 aliphatic carbocycles. The molecule has 4 nitrogen and oxygen atoms in total. The van der Waals surface area contributed by atoms with Crippen molar-refractivity contribution in [2.75, 3.05) is 20.1 Å². The highest BCUT2D eigenvalue weighted by molar-refractivity contribution is 7.08. The summed E-state index contributed by atoms with van der Waals surface area (Å²) in [7, 11) is 1.81. The number of halogens is 2. The molecule has 2 rings (SSSR count). The van der Waals surface area contributed by atoms with Crippen LogP contribution in [-0.4, -0.2) is 35.9 Å². The van der Waals surface area contributed by atoms with Gasteiger partial charge >= 0.3 is 0 Å². The van der Waals surface area contributed by atoms with Gasteiger partial charge in [0.1, 0.15) is 0 Å². The largest absolute Gasteiger partial charge is 0.341 e. The van der Waals surface area contributed by atoms with E-state index < -0.39 is 0 Å². The van der Waals surface area contributed by atoms with Crippen LogP contribution in [0.25, 0.3) is 11.3 Å². The summed E-state index contributed by atoms with van der Waals surface area (Å²) in [4.78, 5) is 18.9. The smallest absolute Gasteiger partial charge is 0.255 e. The van der Waals surface area contributed by atoms with E-state index in [9.17, 15) is 4.79 Å². The maximum Gasteiger partial charge on any atom is 0.255 e. The Balaban J connectivity index is 0.00000264. The molecular weight excluding hydrogens is 365 g/mol. The van der Waals surface area contributed by atoms with Gasteiger partial charge in [-0.05, 0) is 42.5 Å². The Hall–Kier alpha value is -1.14. The van der Waals surface area contributed by atoms with Crippen LogP contribution in [0.5, 0.6) is 0 Å². The molecular formula is C17H25Cl2N3OS. The molecule has 7 heteroatoms. The van der Waals surface area contributed by atoms with Crippen LogP contribution in [0.4, 0.5) is 0 Å². The fourth-order valence-corrected chi connectivity index (χ4v) is 2.99. The average molecular weight is 390 g/mol. The molecule has 134 valence electrons. The van der Waals surface area contributed by atoms with E-state index in [4.69, 9.17) is 5.73 Å². The Morgan fingerprint density at radius 2 is 1.96 bits per heavy atom. The first-order chi connectivity index (χ1) is 10.3. The van der Waals surface area contributed by atoms with Gasteiger partial charge in [0.15, 0.2) is 0 Å². The van der Waals surface area contributed by atoms with Gasteiger partial charge in [0.05, 0.1) is 17.0 Å². The molecule has 0 atom stereocenters. The summed E-state index contributed by atoms with van der Waals surface area (Å²) in [6.45, 7) is 7.15. The molecule has 0 aromatic carbocycles. The first-order valence-electron chi connectivity index (χ1n) is 7.30. The lowest BCUT2D eigenvalue weighted by atomic mass is 9.93. The molecule has 0 unspecified atom stereocenters. The van der Waals surface area contributed by atoms with Crippen molar-refractivity contribution in [1.82, 2.24) is 9.88 Å². The fourth-order valence-electron chi connectivity index (χ4n) is 2.34. The number of hydrogen-bond acceptors (Lipinski definition) is 4. The SMILES string of the molecule is Cc1nc(-c2ccsc2)ccc1C(=O)N(C)CC(C)(C)CN.Cl.Cl. The number of rotatable bonds is 5. The molecule has 0 aliphatic heterocycles. The standard InChI is InChI=1S/C17H23N3OS.2ClH/c1-12-14(16(21)20(4)11-17(2,3)10-18)5-6-15(19-12)13-7-8-22-9-13;;/h5-9H,10-11,18H2,1-4H3;2*1H. The van der Waals surface area contributed by atoms with Crippen molar-refractivity contribution in [3.05, 3.63) is 40.2 Å². The summed E-state index contributed by atoms with van der Waals surface area (Å²) in [5.41, 5.74) is 9.05. The fraction of sp³-hybridized carbons (Fsp3) is 0.412. The van der Waals surface area contributed by atoms with E-state index in [-0.39, 0.29) is 36.1 Å². The predicted octanol–water partition coefficient (Wildman–Crippen LogP) is 4.02. The summed E-state index contributed by atoms with van der Waals surface area (Å²) < 4.78 is 0. The summed E-state index contributed by atoms with van der Waals surface area (Å²) in [5.74, 6) is -0.0107. The Bertz CT molecular complexity index is 660. The molecule has 2 aromatic rings. The monoisotopic (exact) mass is 389 g/mol. The second kappa shape index (κ2) is 9.37. The molecule has 2 N–H and O–H groups in total. The van der Waals surface area contributed by atoms with Crippen molar-refractivity contribution < 1.29 is 4.79 Å². The van der Waals surface area contributed by atoms with Gasteiger partial charge in [0, 0.05) is 24.5 Å². The lowest BCUT2D eigenvalue weighted by molar-refractivity contribution is 0.0739. The zero-order chi connectivity index (χ0) is 16.3. The van der Waals surface area contributed by atoms with Crippen LogP contribution in [0.3, 0.4) is 0 Å². The Kier molecular flexibility index (Phi) is 8.93. The van der Waals surface area contributed by atoms with E-state index in [0.717, 1.165) is 17.0 Å². The maximum atomic E-state index is 12.6. The van der Waals surface area contributed by atoms with Crippen LogP contribution >= 0.6 is 36.2 Å². The minimum Gasteiger partial charge on any atom is -0.341 e. The highest BCUT2D eigenvalue weighted by Gasteiger charge is 2.23. The molecule has 0 bridgehead atoms. The van der Waals surface area contributed by atoms with Crippen molar-refractivity contribution in [3.8, 4) is 11.3 Å². The lowest BCUT2D eigenvalue weighted by Gasteiger charge is -2.29. The number of carbonyl (C=O) groups is 1. The van der Waals surface area contributed by atoms with Crippen molar-refractivity contribution in [3.63, 3.8) is 0 Å². The second-order valence-corrected chi connectivity index (χ2v) is 7.15. The van der Waals surface area contributed by atoms with Crippen molar-refractivity contribution in [1.29, 1.82) is 0 Å². The summed E-state index contributed by atoms with van der Waals surface area (Å²) in [5, 5.41) is 4.08. The van der Waals surface area contributed by atoms with Crippen LogP contribution in [0, 0.1) is 12.3 Å². The molecule has 2 heterocycles. The molecule has 0 saturated carbocycles. The lowest BCUT2D eigenvalue weighted by Crippen LogP contribution is -2.40. The third-order valence-corrected chi connectivity index (χ3v) is 4.38. The topological polar surface area (TPSA) is 59.2 Å². The van der Waals surface area contributed by atoms with Crippen molar-refractivity contribution in [2.45, 2.75) is 20.8 Å². The molecule has 0 aliphatic rings. The average Bonchev–Trinajstić information content (AvgIpc) is 3.00. The van der Waals surface area contributed by atoms with Crippen LogP contribution in [0.15, 0.2) is 29.0 Å². The number of amides is 1. The van der Waals surface area contributed by atoms with E-state index in [1.54, 1.807) is 16.2 Å². The Morgan fingerprint density at radius 1 is 1.29 bits per heavy atom. The molecule has 24 heavy (non-hydrogen) atoms. The van der Waals surface area contributed by atoms with Crippen LogP contribution < -0.4 is 5.73 Å². The number of thiophene rings is 1. The molecule has 1 amide bonds. The van der Waals surface area contributed by atoms with Gasteiger partial charge < -0.3 is 10.6 Å². The van der Waals surface area contributed by atoms with E-state index >= 15 is 0 Å². The number of aromatic nitrogens is 1. The molecule has 0 radical (unpaired) electrons. The number of hydrogen-bond donors (Lipinski definition) is 1. The molecule has 0 spiro atoms. The van der Waals surface area contributed by atoms with Crippen LogP contribution in [-0.2, 0) is 0 Å². The minimum atomic E-state index is -0.0949. The van der Waals surface area contributed by atoms with E-state index in [1.165, 1.54) is 0 Å². The van der Waals surface area contributed by atoms with Crippen molar-refractivity contribution in [2.24, 2.45) is 11.1 Å². The van der Waals surface area contributed by atoms with Gasteiger partial charge in [0.25, 0.3) is 5.91 Å². The van der Waals surface area contributed by atoms with E-state index in [0.29, 0.717) is 18.7 Å². The Morgan fingerprint density at radius 3 is 2.46 bits per heavy atom. The van der Waals surface area contributed by atoms with Gasteiger partial charge in [-0.1, -0.05) is 13.8 Å². The van der Waals surface area contributed by atoms with Crippen LogP contribution in [0.1, 0.15) is 29.9 Å². The highest BCUT2D eigenvalue weighted by atomic mass is 35.5. The Labute approximate surface area is 160 Å². The molecule has 0 saturated heterocycles. The first kappa shape index (κ1) is 22.9. The maximum absolute atomic E-state index is 12.6. The molecule has 0 fully saturated rings. The summed E-state index contributed by atoms with van der Waals surface area (Å²) in [6.07, 6.45) is 0. The third-order valence-electron chi connectivity index (χ3n) is 3.70. The molecule has 2 aromatic heterocycles. The van der Waals surface area contributed by atoms with Gasteiger partial charge in [-0.15, -0.1) is 24.8 Å². The van der Waals surface area contributed by atoms with Crippen LogP contribution in [0.2, 0.25) is 0 Å². The zero-order valence-electron chi connectivity index (χ0n) is 14.4. The van der Waals surface area contributed by atoms with Gasteiger partial charge in [0.2, 0.25) is 0 Å². The minimum absolute atomic E-state index is 0. The van der Waals surface area contributed by atoms with E-state index in [2.05, 4.69) is 24.2 Å². The predicted molar refractivity (Wildman–Crippen MR) is 107 cm³/mol. The zero-order valence-corrected chi connectivity index (χ0v) is 16.9. The van der Waals surface area contributed by atoms with Gasteiger partial charge in [-0.3, -0.25) is 9.78 Å². The van der Waals surface area contributed by atoms with E-state index in [1.807, 2.05) is 37.6 Å². The third kappa shape index (κ3) is 5.45. The van der Waals surface area contributed by atoms with Gasteiger partial charge in [-0.2, -0.15) is 11.3 Å². The van der Waals surface area contributed by atoms with Crippen molar-refractivity contribution >= 4 is 42.1 Å². The van der Waals surface area contributed by atoms with Gasteiger partial charge in [-0.25, -0.2) is 0 Å². The summed E-state index contributed by atoms with van der Waals surface area (Å²) >= 11 is 1.64. The number of pyridine rings is 1. The number of carbonyl (C=O) groups excluding carboxylic acids is 1. The number of nitrogens with two attached hydrogens (primary N) is 1. The normalized spacial score (nSPS) is 10.5. The quantitative estimate of drug-likeness (QED) is 0.839. The number of nitrogens with zero attached hydrogens (tertiary/aromatic N) is 2. The number of aryl methyl sites for hydroxylation is 1.